The lowest BCUT2D eigenvalue weighted by atomic mass is 10.0. The zero-order chi connectivity index (χ0) is 55.7. The quantitative estimate of drug-likeness (QED) is 0.0261. The molecule has 0 aromatic rings. The zero-order valence-corrected chi connectivity index (χ0v) is 51.0. The fourth-order valence-electron chi connectivity index (χ4n) is 9.51. The van der Waals surface area contributed by atoms with Crippen LogP contribution in [0.3, 0.4) is 0 Å². The Hall–Kier alpha value is -3.41. The molecule has 444 valence electrons. The molecule has 0 heterocycles. The van der Waals surface area contributed by atoms with Crippen molar-refractivity contribution in [3.05, 3.63) is 85.1 Å². The number of ether oxygens (including phenoxy) is 3. The molecule has 0 radical (unpaired) electrons. The summed E-state index contributed by atoms with van der Waals surface area (Å²) in [7, 11) is 0. The molecule has 1 unspecified atom stereocenters. The number of carbonyl (C=O) groups excluding carboxylic acids is 3. The van der Waals surface area contributed by atoms with E-state index in [1.807, 2.05) is 0 Å². The van der Waals surface area contributed by atoms with E-state index in [0.717, 1.165) is 109 Å². The van der Waals surface area contributed by atoms with Gasteiger partial charge in [-0.15, -0.1) is 0 Å². The Bertz CT molecular complexity index is 1470. The summed E-state index contributed by atoms with van der Waals surface area (Å²) in [6.45, 7) is 6.43. The zero-order valence-electron chi connectivity index (χ0n) is 51.0. The summed E-state index contributed by atoms with van der Waals surface area (Å²) in [4.78, 5) is 38.3. The lowest BCUT2D eigenvalue weighted by molar-refractivity contribution is -0.167. The molecule has 0 bridgehead atoms. The maximum atomic E-state index is 12.9. The first kappa shape index (κ1) is 73.6. The Kier molecular flexibility index (Phi) is 62.2. The fourth-order valence-corrected chi connectivity index (χ4v) is 9.51. The topological polar surface area (TPSA) is 78.9 Å². The summed E-state index contributed by atoms with van der Waals surface area (Å²) in [6.07, 6.45) is 86.1. The summed E-state index contributed by atoms with van der Waals surface area (Å²) in [6, 6.07) is 0. The minimum atomic E-state index is -0.786. The van der Waals surface area contributed by atoms with Crippen LogP contribution in [0.25, 0.3) is 0 Å². The normalized spacial score (nSPS) is 12.6. The van der Waals surface area contributed by atoms with Gasteiger partial charge in [-0.25, -0.2) is 0 Å². The van der Waals surface area contributed by atoms with Crippen molar-refractivity contribution in [3.63, 3.8) is 0 Å². The van der Waals surface area contributed by atoms with Crippen LogP contribution in [0.4, 0.5) is 0 Å². The van der Waals surface area contributed by atoms with Crippen LogP contribution in [-0.4, -0.2) is 37.2 Å². The molecule has 0 aliphatic carbocycles. The summed E-state index contributed by atoms with van der Waals surface area (Å²) in [5.74, 6) is -0.895. The summed E-state index contributed by atoms with van der Waals surface area (Å²) < 4.78 is 16.9. The van der Waals surface area contributed by atoms with Gasteiger partial charge >= 0.3 is 17.9 Å². The molecule has 0 amide bonds. The Morgan fingerprint density at radius 2 is 0.506 bits per heavy atom. The summed E-state index contributed by atoms with van der Waals surface area (Å²) >= 11 is 0. The van der Waals surface area contributed by atoms with Crippen LogP contribution in [0.5, 0.6) is 0 Å². The molecule has 6 nitrogen and oxygen atoms in total. The average Bonchev–Trinajstić information content (AvgIpc) is 3.43. The van der Waals surface area contributed by atoms with Crippen molar-refractivity contribution in [1.82, 2.24) is 0 Å². The van der Waals surface area contributed by atoms with Crippen molar-refractivity contribution in [2.24, 2.45) is 0 Å². The van der Waals surface area contributed by atoms with Crippen molar-refractivity contribution in [2.75, 3.05) is 13.2 Å². The van der Waals surface area contributed by atoms with Gasteiger partial charge in [-0.05, 0) is 89.9 Å². The van der Waals surface area contributed by atoms with E-state index >= 15 is 0 Å². The van der Waals surface area contributed by atoms with Gasteiger partial charge in [-0.2, -0.15) is 0 Å². The van der Waals surface area contributed by atoms with Crippen molar-refractivity contribution in [3.8, 4) is 0 Å². The highest BCUT2D eigenvalue weighted by molar-refractivity contribution is 5.71. The Labute approximate surface area is 477 Å². The first-order chi connectivity index (χ1) is 38.0. The highest BCUT2D eigenvalue weighted by Crippen LogP contribution is 2.17. The molecule has 0 aromatic carbocycles. The van der Waals surface area contributed by atoms with Crippen LogP contribution in [0.1, 0.15) is 329 Å². The Morgan fingerprint density at radius 3 is 0.805 bits per heavy atom. The van der Waals surface area contributed by atoms with Gasteiger partial charge in [0.2, 0.25) is 0 Å². The van der Waals surface area contributed by atoms with Crippen LogP contribution in [-0.2, 0) is 28.6 Å². The van der Waals surface area contributed by atoms with Gasteiger partial charge in [0, 0.05) is 19.3 Å². The number of hydrogen-bond acceptors (Lipinski definition) is 6. The Morgan fingerprint density at radius 1 is 0.273 bits per heavy atom. The lowest BCUT2D eigenvalue weighted by Crippen LogP contribution is -2.30. The first-order valence-electron chi connectivity index (χ1n) is 33.1. The van der Waals surface area contributed by atoms with Crippen molar-refractivity contribution >= 4 is 17.9 Å². The van der Waals surface area contributed by atoms with E-state index in [9.17, 15) is 14.4 Å². The minimum absolute atomic E-state index is 0.0817. The molecule has 0 N–H and O–H groups in total. The van der Waals surface area contributed by atoms with Gasteiger partial charge in [0.15, 0.2) is 6.10 Å². The second kappa shape index (κ2) is 65.1. The minimum Gasteiger partial charge on any atom is -0.462 e. The molecule has 0 saturated heterocycles. The smallest absolute Gasteiger partial charge is 0.306 e. The van der Waals surface area contributed by atoms with Crippen LogP contribution < -0.4 is 0 Å². The van der Waals surface area contributed by atoms with Gasteiger partial charge in [-0.3, -0.25) is 14.4 Å². The molecule has 0 fully saturated rings. The SMILES string of the molecule is CC/C=C\C/C=C\C/C=C\C/C=C\CCCCCCCCCCCCCCCCCCC(=O)OCC(COC(=O)CCCCC/C=C\C/C=C\C/C=C\CC)OC(=O)CCCCCCCCCCCCCCCCCCC. The van der Waals surface area contributed by atoms with Crippen molar-refractivity contribution in [2.45, 2.75) is 335 Å². The van der Waals surface area contributed by atoms with E-state index < -0.39 is 6.10 Å². The molecule has 0 aromatic heterocycles. The predicted molar refractivity (Wildman–Crippen MR) is 334 cm³/mol. The molecular formula is C71H124O6. The number of unbranched alkanes of at least 4 members (excludes halogenated alkanes) is 35. The number of carbonyl (C=O) groups is 3. The maximum Gasteiger partial charge on any atom is 0.306 e. The number of rotatable bonds is 60. The number of hydrogen-bond donors (Lipinski definition) is 0. The molecule has 77 heavy (non-hydrogen) atoms. The standard InChI is InChI=1S/C71H124O6/c1-4-7-10-13-16-19-22-25-27-29-30-31-32-33-34-35-36-37-38-39-40-42-43-46-49-52-55-58-61-64-70(73)76-67-68(66-75-69(72)63-60-57-54-51-48-45-24-21-18-15-12-9-6-3)77-71(74)65-62-59-56-53-50-47-44-41-28-26-23-20-17-14-11-8-5-2/h7,9-10,12,16,18-19,21,25,27,30-31,45,48,68H,4-6,8,11,13-15,17,20,22-24,26,28-29,32-44,46-47,49-67H2,1-3H3/b10-7-,12-9-,19-16-,21-18-,27-25-,31-30-,48-45-. The largest absolute Gasteiger partial charge is 0.462 e. The third kappa shape index (κ3) is 63.3. The van der Waals surface area contributed by atoms with E-state index in [1.165, 1.54) is 180 Å². The average molecular weight is 1070 g/mol. The van der Waals surface area contributed by atoms with Gasteiger partial charge in [0.05, 0.1) is 0 Å². The van der Waals surface area contributed by atoms with E-state index in [2.05, 4.69) is 106 Å². The molecular weight excluding hydrogens is 949 g/mol. The Balaban J connectivity index is 4.22. The van der Waals surface area contributed by atoms with E-state index in [4.69, 9.17) is 14.2 Å². The van der Waals surface area contributed by atoms with E-state index in [-0.39, 0.29) is 31.1 Å². The number of allylic oxidation sites excluding steroid dienone is 14. The second-order valence-corrected chi connectivity index (χ2v) is 22.0. The van der Waals surface area contributed by atoms with Gasteiger partial charge in [-0.1, -0.05) is 305 Å². The van der Waals surface area contributed by atoms with Gasteiger partial charge < -0.3 is 14.2 Å². The van der Waals surface area contributed by atoms with Gasteiger partial charge in [0.25, 0.3) is 0 Å². The molecule has 6 heteroatoms. The highest BCUT2D eigenvalue weighted by atomic mass is 16.6. The van der Waals surface area contributed by atoms with E-state index in [0.29, 0.717) is 19.3 Å². The van der Waals surface area contributed by atoms with Gasteiger partial charge in [0.1, 0.15) is 13.2 Å². The summed E-state index contributed by atoms with van der Waals surface area (Å²) in [5.41, 5.74) is 0. The third-order valence-electron chi connectivity index (χ3n) is 14.4. The first-order valence-corrected chi connectivity index (χ1v) is 33.1. The summed E-state index contributed by atoms with van der Waals surface area (Å²) in [5, 5.41) is 0. The molecule has 0 spiro atoms. The molecule has 0 saturated carbocycles. The van der Waals surface area contributed by atoms with Crippen LogP contribution >= 0.6 is 0 Å². The van der Waals surface area contributed by atoms with Crippen LogP contribution in [0.15, 0.2) is 85.1 Å². The van der Waals surface area contributed by atoms with Crippen LogP contribution in [0, 0.1) is 0 Å². The number of esters is 3. The fraction of sp³-hybridized carbons (Fsp3) is 0.761. The molecule has 0 aliphatic rings. The predicted octanol–water partition coefficient (Wildman–Crippen LogP) is 22.7. The molecule has 0 aliphatic heterocycles. The van der Waals surface area contributed by atoms with Crippen molar-refractivity contribution in [1.29, 1.82) is 0 Å². The highest BCUT2D eigenvalue weighted by Gasteiger charge is 2.19. The molecule has 1 atom stereocenters. The van der Waals surface area contributed by atoms with E-state index in [1.54, 1.807) is 0 Å². The lowest BCUT2D eigenvalue weighted by Gasteiger charge is -2.18. The molecule has 0 rings (SSSR count). The maximum absolute atomic E-state index is 12.9. The van der Waals surface area contributed by atoms with Crippen molar-refractivity contribution < 1.29 is 28.6 Å². The third-order valence-corrected chi connectivity index (χ3v) is 14.4. The van der Waals surface area contributed by atoms with Crippen LogP contribution in [0.2, 0.25) is 0 Å². The monoisotopic (exact) mass is 1070 g/mol. The second-order valence-electron chi connectivity index (χ2n) is 22.0.